The van der Waals surface area contributed by atoms with E-state index in [9.17, 15) is 18.4 Å². The van der Waals surface area contributed by atoms with Crippen LogP contribution in [0.15, 0.2) is 18.2 Å². The molecule has 5 nitrogen and oxygen atoms in total. The second kappa shape index (κ2) is 6.51. The second-order valence-corrected chi connectivity index (χ2v) is 5.11. The van der Waals surface area contributed by atoms with Gasteiger partial charge in [-0.05, 0) is 25.3 Å². The van der Waals surface area contributed by atoms with Crippen LogP contribution in [-0.4, -0.2) is 23.1 Å². The minimum Gasteiger partial charge on any atom is -0.481 e. The minimum absolute atomic E-state index is 0.0625. The highest BCUT2D eigenvalue weighted by atomic mass is 19.1. The Labute approximate surface area is 120 Å². The fourth-order valence-electron chi connectivity index (χ4n) is 2.41. The van der Waals surface area contributed by atoms with Crippen LogP contribution in [0.25, 0.3) is 0 Å². The van der Waals surface area contributed by atoms with Crippen molar-refractivity contribution in [1.29, 1.82) is 0 Å². The highest BCUT2D eigenvalue weighted by Crippen LogP contribution is 2.25. The standard InChI is InChI=1S/C14H16F2N2O3/c15-10-3-1-9(12(16)6-10)7-17-14(21)18-11-4-2-8(5-11)13(19)20/h1,3,6,8,11H,2,4-5,7H2,(H,19,20)(H2,17,18,21)/t8-,11+/m1/s1. The number of hydrogen-bond donors (Lipinski definition) is 3. The van der Waals surface area contributed by atoms with Crippen LogP contribution in [0.2, 0.25) is 0 Å². The molecule has 1 fully saturated rings. The number of benzene rings is 1. The molecule has 0 aliphatic heterocycles. The number of urea groups is 1. The van der Waals surface area contributed by atoms with E-state index in [0.717, 1.165) is 12.1 Å². The molecule has 0 unspecified atom stereocenters. The lowest BCUT2D eigenvalue weighted by atomic mass is 10.1. The van der Waals surface area contributed by atoms with E-state index in [2.05, 4.69) is 10.6 Å². The fraction of sp³-hybridized carbons (Fsp3) is 0.429. The lowest BCUT2D eigenvalue weighted by Gasteiger charge is -2.13. The maximum absolute atomic E-state index is 13.4. The van der Waals surface area contributed by atoms with Gasteiger partial charge >= 0.3 is 12.0 Å². The summed E-state index contributed by atoms with van der Waals surface area (Å²) in [6, 6.07) is 2.45. The molecule has 0 saturated heterocycles. The van der Waals surface area contributed by atoms with Gasteiger partial charge in [0.15, 0.2) is 0 Å². The van der Waals surface area contributed by atoms with Crippen molar-refractivity contribution in [2.75, 3.05) is 0 Å². The first-order chi connectivity index (χ1) is 9.95. The van der Waals surface area contributed by atoms with Gasteiger partial charge in [0.25, 0.3) is 0 Å². The first-order valence-corrected chi connectivity index (χ1v) is 6.67. The SMILES string of the molecule is O=C(NCc1ccc(F)cc1F)N[C@H]1CC[C@@H](C(=O)O)C1. The van der Waals surface area contributed by atoms with Gasteiger partial charge in [-0.25, -0.2) is 13.6 Å². The largest absolute Gasteiger partial charge is 0.481 e. The predicted molar refractivity (Wildman–Crippen MR) is 70.5 cm³/mol. The molecule has 2 rings (SSSR count). The Morgan fingerprint density at radius 2 is 2.05 bits per heavy atom. The molecule has 7 heteroatoms. The molecular weight excluding hydrogens is 282 g/mol. The summed E-state index contributed by atoms with van der Waals surface area (Å²) in [6.07, 6.45) is 1.54. The summed E-state index contributed by atoms with van der Waals surface area (Å²) in [4.78, 5) is 22.5. The molecule has 1 saturated carbocycles. The van der Waals surface area contributed by atoms with Crippen molar-refractivity contribution in [3.63, 3.8) is 0 Å². The van der Waals surface area contributed by atoms with Gasteiger partial charge in [0.05, 0.1) is 5.92 Å². The number of rotatable bonds is 4. The van der Waals surface area contributed by atoms with Crippen LogP contribution in [0.4, 0.5) is 13.6 Å². The van der Waals surface area contributed by atoms with Gasteiger partial charge in [0.2, 0.25) is 0 Å². The molecule has 0 aromatic heterocycles. The van der Waals surface area contributed by atoms with Gasteiger partial charge in [0.1, 0.15) is 11.6 Å². The Bertz CT molecular complexity index is 551. The monoisotopic (exact) mass is 298 g/mol. The van der Waals surface area contributed by atoms with Crippen LogP contribution < -0.4 is 10.6 Å². The molecule has 3 N–H and O–H groups in total. The number of carbonyl (C=O) groups is 2. The van der Waals surface area contributed by atoms with Gasteiger partial charge in [-0.15, -0.1) is 0 Å². The fourth-order valence-corrected chi connectivity index (χ4v) is 2.41. The van der Waals surface area contributed by atoms with Crippen LogP contribution in [0.3, 0.4) is 0 Å². The van der Waals surface area contributed by atoms with Crippen molar-refractivity contribution >= 4 is 12.0 Å². The van der Waals surface area contributed by atoms with E-state index in [1.165, 1.54) is 6.07 Å². The summed E-state index contributed by atoms with van der Waals surface area (Å²) in [6.45, 7) is -0.0625. The summed E-state index contributed by atoms with van der Waals surface area (Å²) in [5, 5.41) is 14.0. The molecule has 1 aliphatic carbocycles. The zero-order valence-electron chi connectivity index (χ0n) is 11.2. The van der Waals surface area contributed by atoms with E-state index in [4.69, 9.17) is 5.11 Å². The quantitative estimate of drug-likeness (QED) is 0.795. The Hall–Kier alpha value is -2.18. The molecule has 2 amide bonds. The molecule has 1 aromatic carbocycles. The molecular formula is C14H16F2N2O3. The Kier molecular flexibility index (Phi) is 4.72. The maximum Gasteiger partial charge on any atom is 0.315 e. The number of halogens is 2. The number of carbonyl (C=O) groups excluding carboxylic acids is 1. The van der Waals surface area contributed by atoms with Crippen LogP contribution in [-0.2, 0) is 11.3 Å². The molecule has 0 bridgehead atoms. The number of carboxylic acid groups (broad SMARTS) is 1. The minimum atomic E-state index is -0.854. The zero-order chi connectivity index (χ0) is 15.4. The van der Waals surface area contributed by atoms with Crippen molar-refractivity contribution < 1.29 is 23.5 Å². The van der Waals surface area contributed by atoms with E-state index < -0.39 is 29.6 Å². The number of hydrogen-bond acceptors (Lipinski definition) is 2. The smallest absolute Gasteiger partial charge is 0.315 e. The number of carboxylic acids is 1. The van der Waals surface area contributed by atoms with E-state index in [1.807, 2.05) is 0 Å². The van der Waals surface area contributed by atoms with Crippen LogP contribution in [0, 0.1) is 17.6 Å². The molecule has 0 spiro atoms. The third-order valence-corrected chi connectivity index (χ3v) is 3.57. The average Bonchev–Trinajstić information content (AvgIpc) is 2.86. The highest BCUT2D eigenvalue weighted by Gasteiger charge is 2.30. The first kappa shape index (κ1) is 15.2. The highest BCUT2D eigenvalue weighted by molar-refractivity contribution is 5.75. The van der Waals surface area contributed by atoms with E-state index in [-0.39, 0.29) is 18.2 Å². The predicted octanol–water partition coefficient (Wildman–Crippen LogP) is 2.02. The van der Waals surface area contributed by atoms with Gasteiger partial charge in [-0.1, -0.05) is 6.07 Å². The third-order valence-electron chi connectivity index (χ3n) is 3.57. The molecule has 0 radical (unpaired) electrons. The molecule has 1 aromatic rings. The van der Waals surface area contributed by atoms with Gasteiger partial charge in [-0.2, -0.15) is 0 Å². The summed E-state index contributed by atoms with van der Waals surface area (Å²) in [5.41, 5.74) is 0.182. The van der Waals surface area contributed by atoms with Gasteiger partial charge < -0.3 is 15.7 Å². The zero-order valence-corrected chi connectivity index (χ0v) is 11.2. The topological polar surface area (TPSA) is 78.4 Å². The van der Waals surface area contributed by atoms with Crippen LogP contribution >= 0.6 is 0 Å². The van der Waals surface area contributed by atoms with Gasteiger partial charge in [-0.3, -0.25) is 4.79 Å². The molecule has 2 atom stereocenters. The maximum atomic E-state index is 13.4. The lowest BCUT2D eigenvalue weighted by molar-refractivity contribution is -0.141. The second-order valence-electron chi connectivity index (χ2n) is 5.11. The Morgan fingerprint density at radius 3 is 2.67 bits per heavy atom. The first-order valence-electron chi connectivity index (χ1n) is 6.67. The van der Waals surface area contributed by atoms with Crippen molar-refractivity contribution in [3.8, 4) is 0 Å². The van der Waals surface area contributed by atoms with Crippen molar-refractivity contribution in [3.05, 3.63) is 35.4 Å². The lowest BCUT2D eigenvalue weighted by Crippen LogP contribution is -2.41. The molecule has 0 heterocycles. The van der Waals surface area contributed by atoms with Crippen molar-refractivity contribution in [2.24, 2.45) is 5.92 Å². The average molecular weight is 298 g/mol. The van der Waals surface area contributed by atoms with E-state index >= 15 is 0 Å². The summed E-state index contributed by atoms with van der Waals surface area (Å²) >= 11 is 0. The molecule has 21 heavy (non-hydrogen) atoms. The van der Waals surface area contributed by atoms with E-state index in [1.54, 1.807) is 0 Å². The van der Waals surface area contributed by atoms with E-state index in [0.29, 0.717) is 19.3 Å². The molecule has 114 valence electrons. The van der Waals surface area contributed by atoms with Crippen molar-refractivity contribution in [2.45, 2.75) is 31.8 Å². The van der Waals surface area contributed by atoms with Crippen LogP contribution in [0.1, 0.15) is 24.8 Å². The summed E-state index contributed by atoms with van der Waals surface area (Å²) < 4.78 is 26.1. The summed E-state index contributed by atoms with van der Waals surface area (Å²) in [5.74, 6) is -2.67. The number of amides is 2. The molecule has 1 aliphatic rings. The van der Waals surface area contributed by atoms with Gasteiger partial charge in [0, 0.05) is 24.2 Å². The normalized spacial score (nSPS) is 21.0. The number of nitrogens with one attached hydrogen (secondary N) is 2. The third kappa shape index (κ3) is 4.14. The van der Waals surface area contributed by atoms with Crippen LogP contribution in [0.5, 0.6) is 0 Å². The summed E-state index contributed by atoms with van der Waals surface area (Å²) in [7, 11) is 0. The Balaban J connectivity index is 1.79. The Morgan fingerprint density at radius 1 is 1.29 bits per heavy atom. The number of aliphatic carboxylic acids is 1. The van der Waals surface area contributed by atoms with Crippen molar-refractivity contribution in [1.82, 2.24) is 10.6 Å².